The van der Waals surface area contributed by atoms with E-state index in [9.17, 15) is 9.59 Å². The number of hydrogen-bond acceptors (Lipinski definition) is 7. The number of methoxy groups -OCH3 is 1. The van der Waals surface area contributed by atoms with Crippen molar-refractivity contribution in [1.29, 1.82) is 0 Å². The summed E-state index contributed by atoms with van der Waals surface area (Å²) in [4.78, 5) is 29.6. The number of amides is 1. The molecule has 2 aromatic carbocycles. The van der Waals surface area contributed by atoms with Gasteiger partial charge in [0.25, 0.3) is 11.5 Å². The third-order valence-electron chi connectivity index (χ3n) is 4.97. The van der Waals surface area contributed by atoms with Crippen molar-refractivity contribution in [3.8, 4) is 0 Å². The van der Waals surface area contributed by atoms with Gasteiger partial charge in [-0.2, -0.15) is 0 Å². The zero-order chi connectivity index (χ0) is 23.4. The molecule has 0 aliphatic heterocycles. The number of aromatic amines is 1. The number of aryl methyl sites for hydroxylation is 1. The maximum absolute atomic E-state index is 12.8. The van der Waals surface area contributed by atoms with Crippen molar-refractivity contribution in [2.45, 2.75) is 23.0 Å². The highest BCUT2D eigenvalue weighted by Crippen LogP contribution is 2.26. The van der Waals surface area contributed by atoms with E-state index in [1.54, 1.807) is 31.6 Å². The summed E-state index contributed by atoms with van der Waals surface area (Å²) in [5.41, 5.74) is 1.41. The van der Waals surface area contributed by atoms with Crippen LogP contribution in [0.15, 0.2) is 63.6 Å². The first-order valence-electron chi connectivity index (χ1n) is 10.2. The molecule has 0 aliphatic rings. The monoisotopic (exact) mass is 482 g/mol. The number of ether oxygens (including phenoxy) is 1. The minimum Gasteiger partial charge on any atom is -0.385 e. The maximum Gasteiger partial charge on any atom is 0.262 e. The van der Waals surface area contributed by atoms with Gasteiger partial charge in [0, 0.05) is 43.5 Å². The largest absolute Gasteiger partial charge is 0.385 e. The van der Waals surface area contributed by atoms with Gasteiger partial charge in [-0.05, 0) is 72.9 Å². The van der Waals surface area contributed by atoms with Gasteiger partial charge >= 0.3 is 0 Å². The second-order valence-corrected chi connectivity index (χ2v) is 8.73. The molecule has 0 saturated carbocycles. The van der Waals surface area contributed by atoms with E-state index in [0.717, 1.165) is 10.1 Å². The van der Waals surface area contributed by atoms with E-state index in [1.807, 2.05) is 35.9 Å². The molecular formula is C22H22N6O3S2. The van der Waals surface area contributed by atoms with Crippen LogP contribution in [0.4, 0.5) is 5.69 Å². The predicted octanol–water partition coefficient (Wildman–Crippen LogP) is 3.63. The van der Waals surface area contributed by atoms with Crippen LogP contribution in [0.1, 0.15) is 16.8 Å². The van der Waals surface area contributed by atoms with E-state index < -0.39 is 0 Å². The Morgan fingerprint density at radius 3 is 2.73 bits per heavy atom. The molecule has 2 N–H and O–H groups in total. The Hall–Kier alpha value is -3.28. The Morgan fingerprint density at radius 1 is 1.24 bits per heavy atom. The van der Waals surface area contributed by atoms with Crippen LogP contribution in [-0.2, 0) is 18.3 Å². The Bertz CT molecular complexity index is 1410. The minimum absolute atomic E-state index is 0.187. The molecule has 0 radical (unpaired) electrons. The number of aromatic nitrogens is 5. The zero-order valence-corrected chi connectivity index (χ0v) is 19.7. The molecule has 0 fully saturated rings. The summed E-state index contributed by atoms with van der Waals surface area (Å²) in [6.07, 6.45) is 2.32. The Kier molecular flexibility index (Phi) is 7.02. The van der Waals surface area contributed by atoms with Gasteiger partial charge in [0.15, 0.2) is 9.93 Å². The molecule has 33 heavy (non-hydrogen) atoms. The van der Waals surface area contributed by atoms with Crippen LogP contribution in [-0.4, -0.2) is 43.9 Å². The topological polar surface area (TPSA) is 107 Å². The van der Waals surface area contributed by atoms with Gasteiger partial charge in [-0.3, -0.25) is 14.2 Å². The van der Waals surface area contributed by atoms with E-state index in [0.29, 0.717) is 46.5 Å². The molecule has 4 aromatic rings. The van der Waals surface area contributed by atoms with Crippen molar-refractivity contribution in [2.24, 2.45) is 7.05 Å². The van der Waals surface area contributed by atoms with E-state index in [1.165, 1.54) is 16.3 Å². The Balaban J connectivity index is 1.50. The number of benzene rings is 2. The standard InChI is InChI=1S/C22H22N6O3S2/c1-27-13-23-26-22(27)33-16-7-5-15(6-8-16)24-19(29)14-4-9-17-18(12-14)25-21(32)28(20(17)30)10-3-11-31-2/h4-9,12-13H,3,10-11H2,1-2H3,(H,24,29)(H,25,32). The number of carbonyl (C=O) groups is 1. The van der Waals surface area contributed by atoms with Gasteiger partial charge < -0.3 is 19.6 Å². The molecule has 0 atom stereocenters. The van der Waals surface area contributed by atoms with E-state index >= 15 is 0 Å². The number of nitrogens with zero attached hydrogens (tertiary/aromatic N) is 4. The SMILES string of the molecule is COCCCn1c(=S)[nH]c2cc(C(=O)Nc3ccc(Sc4nncn4C)cc3)ccc2c1=O. The van der Waals surface area contributed by atoms with Crippen molar-refractivity contribution >= 4 is 46.5 Å². The predicted molar refractivity (Wildman–Crippen MR) is 129 cm³/mol. The summed E-state index contributed by atoms with van der Waals surface area (Å²) < 4.78 is 8.71. The molecule has 0 spiro atoms. The fraction of sp³-hybridized carbons (Fsp3) is 0.227. The number of fused-ring (bicyclic) bond motifs is 1. The summed E-state index contributed by atoms with van der Waals surface area (Å²) in [7, 11) is 3.49. The summed E-state index contributed by atoms with van der Waals surface area (Å²) in [5.74, 6) is -0.283. The lowest BCUT2D eigenvalue weighted by molar-refractivity contribution is 0.102. The number of rotatable bonds is 8. The Labute approximate surface area is 198 Å². The first-order chi connectivity index (χ1) is 16.0. The van der Waals surface area contributed by atoms with E-state index in [4.69, 9.17) is 17.0 Å². The lowest BCUT2D eigenvalue weighted by Gasteiger charge is -2.10. The Morgan fingerprint density at radius 2 is 2.03 bits per heavy atom. The lowest BCUT2D eigenvalue weighted by atomic mass is 10.1. The second kappa shape index (κ2) is 10.1. The average molecular weight is 483 g/mol. The minimum atomic E-state index is -0.283. The van der Waals surface area contributed by atoms with Crippen LogP contribution in [0.5, 0.6) is 0 Å². The van der Waals surface area contributed by atoms with Crippen LogP contribution in [0.25, 0.3) is 10.9 Å². The van der Waals surface area contributed by atoms with Crippen LogP contribution >= 0.6 is 24.0 Å². The van der Waals surface area contributed by atoms with Crippen molar-refractivity contribution in [3.63, 3.8) is 0 Å². The molecule has 2 heterocycles. The molecule has 4 rings (SSSR count). The number of anilines is 1. The molecule has 170 valence electrons. The molecule has 11 heteroatoms. The van der Waals surface area contributed by atoms with Crippen LogP contribution in [0, 0.1) is 4.77 Å². The van der Waals surface area contributed by atoms with E-state index in [-0.39, 0.29) is 11.5 Å². The number of carbonyl (C=O) groups excluding carboxylic acids is 1. The zero-order valence-electron chi connectivity index (χ0n) is 18.1. The quantitative estimate of drug-likeness (QED) is 0.292. The highest BCUT2D eigenvalue weighted by molar-refractivity contribution is 7.99. The molecule has 1 amide bonds. The second-order valence-electron chi connectivity index (χ2n) is 7.30. The molecule has 0 saturated heterocycles. The molecule has 9 nitrogen and oxygen atoms in total. The summed E-state index contributed by atoms with van der Waals surface area (Å²) in [5, 5.41) is 12.0. The van der Waals surface area contributed by atoms with Gasteiger partial charge in [0.1, 0.15) is 6.33 Å². The molecule has 0 aliphatic carbocycles. The molecule has 2 aromatic heterocycles. The first kappa shape index (κ1) is 22.9. The fourth-order valence-electron chi connectivity index (χ4n) is 3.25. The molecule has 0 bridgehead atoms. The van der Waals surface area contributed by atoms with E-state index in [2.05, 4.69) is 20.5 Å². The highest BCUT2D eigenvalue weighted by atomic mass is 32.2. The van der Waals surface area contributed by atoms with Crippen LogP contribution < -0.4 is 10.9 Å². The maximum atomic E-state index is 12.8. The lowest BCUT2D eigenvalue weighted by Crippen LogP contribution is -2.23. The number of hydrogen-bond donors (Lipinski definition) is 2. The average Bonchev–Trinajstić information content (AvgIpc) is 3.21. The van der Waals surface area contributed by atoms with Gasteiger partial charge in [-0.15, -0.1) is 10.2 Å². The van der Waals surface area contributed by atoms with Crippen molar-refractivity contribution < 1.29 is 9.53 Å². The first-order valence-corrected chi connectivity index (χ1v) is 11.4. The highest BCUT2D eigenvalue weighted by Gasteiger charge is 2.11. The normalized spacial score (nSPS) is 11.1. The van der Waals surface area contributed by atoms with Crippen LogP contribution in [0.2, 0.25) is 0 Å². The van der Waals surface area contributed by atoms with Crippen molar-refractivity contribution in [3.05, 3.63) is 69.5 Å². The smallest absolute Gasteiger partial charge is 0.262 e. The third kappa shape index (κ3) is 5.21. The van der Waals surface area contributed by atoms with Crippen molar-refractivity contribution in [1.82, 2.24) is 24.3 Å². The van der Waals surface area contributed by atoms with Gasteiger partial charge in [-0.25, -0.2) is 0 Å². The van der Waals surface area contributed by atoms with Crippen LogP contribution in [0.3, 0.4) is 0 Å². The number of nitrogens with one attached hydrogen (secondary N) is 2. The van der Waals surface area contributed by atoms with Gasteiger partial charge in [0.05, 0.1) is 10.9 Å². The summed E-state index contributed by atoms with van der Waals surface area (Å²) in [6.45, 7) is 1.00. The number of H-pyrrole nitrogens is 1. The summed E-state index contributed by atoms with van der Waals surface area (Å²) >= 11 is 6.83. The third-order valence-corrected chi connectivity index (χ3v) is 6.35. The summed E-state index contributed by atoms with van der Waals surface area (Å²) in [6, 6.07) is 12.4. The molecule has 0 unspecified atom stereocenters. The fourth-order valence-corrected chi connectivity index (χ4v) is 4.29. The van der Waals surface area contributed by atoms with Gasteiger partial charge in [0.2, 0.25) is 0 Å². The van der Waals surface area contributed by atoms with Crippen molar-refractivity contribution in [2.75, 3.05) is 19.0 Å². The van der Waals surface area contributed by atoms with Gasteiger partial charge in [-0.1, -0.05) is 0 Å². The molecular weight excluding hydrogens is 460 g/mol.